The number of likely N-dealkylation sites (tertiary alicyclic amines) is 1. The Balaban J connectivity index is 1.84. The van der Waals surface area contributed by atoms with Gasteiger partial charge in [0.15, 0.2) is 0 Å². The Bertz CT molecular complexity index is 198. The lowest BCUT2D eigenvalue weighted by molar-refractivity contribution is -0.0432. The van der Waals surface area contributed by atoms with Crippen LogP contribution in [0.3, 0.4) is 0 Å². The summed E-state index contributed by atoms with van der Waals surface area (Å²) < 4.78 is 5.84. The first-order valence-electron chi connectivity index (χ1n) is 6.17. The molecule has 0 spiro atoms. The number of hydrogen-bond donors (Lipinski definition) is 1. The lowest BCUT2D eigenvalue weighted by Gasteiger charge is -2.35. The van der Waals surface area contributed by atoms with Gasteiger partial charge in [0.05, 0.1) is 12.2 Å². The molecule has 88 valence electrons. The Kier molecular flexibility index (Phi) is 3.97. The first-order valence-corrected chi connectivity index (χ1v) is 6.81. The van der Waals surface area contributed by atoms with Gasteiger partial charge in [-0.1, -0.05) is 13.8 Å². The molecule has 2 aliphatic heterocycles. The van der Waals surface area contributed by atoms with Crippen LogP contribution in [0, 0.1) is 11.8 Å². The molecule has 2 rings (SSSR count). The molecule has 0 aromatic carbocycles. The van der Waals surface area contributed by atoms with Crippen LogP contribution in [0.5, 0.6) is 0 Å². The van der Waals surface area contributed by atoms with E-state index in [1.54, 1.807) is 0 Å². The minimum absolute atomic E-state index is 0.525. The zero-order valence-electron chi connectivity index (χ0n) is 9.85. The molecule has 2 saturated heterocycles. The largest absolute Gasteiger partial charge is 0.372 e. The number of morpholine rings is 1. The molecule has 2 bridgehead atoms. The van der Waals surface area contributed by atoms with E-state index in [2.05, 4.69) is 31.4 Å². The summed E-state index contributed by atoms with van der Waals surface area (Å²) in [7, 11) is 0. The fourth-order valence-corrected chi connectivity index (χ4v) is 3.20. The third kappa shape index (κ3) is 2.89. The highest BCUT2D eigenvalue weighted by Gasteiger charge is 2.34. The number of nitrogens with zero attached hydrogens (tertiary/aromatic N) is 1. The van der Waals surface area contributed by atoms with Crippen LogP contribution >= 0.6 is 12.6 Å². The van der Waals surface area contributed by atoms with Gasteiger partial charge in [-0.25, -0.2) is 0 Å². The van der Waals surface area contributed by atoms with E-state index in [4.69, 9.17) is 4.74 Å². The molecule has 3 unspecified atom stereocenters. The molecule has 0 radical (unpaired) electrons. The van der Waals surface area contributed by atoms with Crippen LogP contribution in [0.25, 0.3) is 0 Å². The smallest absolute Gasteiger partial charge is 0.0707 e. The van der Waals surface area contributed by atoms with E-state index < -0.39 is 0 Å². The molecule has 15 heavy (non-hydrogen) atoms. The van der Waals surface area contributed by atoms with Crippen molar-refractivity contribution in [2.24, 2.45) is 11.8 Å². The summed E-state index contributed by atoms with van der Waals surface area (Å²) in [5.41, 5.74) is 0. The average Bonchev–Trinajstić information content (AvgIpc) is 2.54. The van der Waals surface area contributed by atoms with Gasteiger partial charge in [0.25, 0.3) is 0 Å². The van der Waals surface area contributed by atoms with Crippen molar-refractivity contribution in [3.63, 3.8) is 0 Å². The van der Waals surface area contributed by atoms with Crippen LogP contribution in [0.4, 0.5) is 0 Å². The molecule has 3 atom stereocenters. The van der Waals surface area contributed by atoms with E-state index in [1.165, 1.54) is 19.4 Å². The molecule has 2 nitrogen and oxygen atoms in total. The van der Waals surface area contributed by atoms with E-state index in [0.717, 1.165) is 30.7 Å². The number of thiol groups is 1. The predicted molar refractivity (Wildman–Crippen MR) is 66.5 cm³/mol. The van der Waals surface area contributed by atoms with Crippen molar-refractivity contribution >= 4 is 12.6 Å². The van der Waals surface area contributed by atoms with Gasteiger partial charge in [0, 0.05) is 19.6 Å². The van der Waals surface area contributed by atoms with E-state index in [9.17, 15) is 0 Å². The van der Waals surface area contributed by atoms with Crippen LogP contribution < -0.4 is 0 Å². The van der Waals surface area contributed by atoms with Gasteiger partial charge in [-0.15, -0.1) is 0 Å². The number of rotatable bonds is 4. The van der Waals surface area contributed by atoms with Gasteiger partial charge in [0.2, 0.25) is 0 Å². The highest BCUT2D eigenvalue weighted by Crippen LogP contribution is 2.27. The summed E-state index contributed by atoms with van der Waals surface area (Å²) in [5.74, 6) is 2.47. The first kappa shape index (κ1) is 11.7. The van der Waals surface area contributed by atoms with Crippen molar-refractivity contribution in [1.29, 1.82) is 0 Å². The van der Waals surface area contributed by atoms with Crippen LogP contribution in [0.15, 0.2) is 0 Å². The second-order valence-electron chi connectivity index (χ2n) is 5.36. The maximum Gasteiger partial charge on any atom is 0.0707 e. The molecule has 3 heteroatoms. The Hall–Kier alpha value is 0.270. The molecule has 0 aromatic heterocycles. The van der Waals surface area contributed by atoms with E-state index in [0.29, 0.717) is 12.2 Å². The van der Waals surface area contributed by atoms with Gasteiger partial charge in [0.1, 0.15) is 0 Å². The molecular weight excluding hydrogens is 206 g/mol. The summed E-state index contributed by atoms with van der Waals surface area (Å²) in [4.78, 5) is 2.59. The third-order valence-electron chi connectivity index (χ3n) is 3.79. The molecule has 2 aliphatic rings. The van der Waals surface area contributed by atoms with E-state index in [-0.39, 0.29) is 0 Å². The van der Waals surface area contributed by atoms with Gasteiger partial charge in [-0.05, 0) is 30.4 Å². The van der Waals surface area contributed by atoms with Crippen LogP contribution in [-0.2, 0) is 4.74 Å². The summed E-state index contributed by atoms with van der Waals surface area (Å²) in [6.07, 6.45) is 3.59. The molecule has 2 fully saturated rings. The monoisotopic (exact) mass is 229 g/mol. The van der Waals surface area contributed by atoms with Gasteiger partial charge >= 0.3 is 0 Å². The van der Waals surface area contributed by atoms with Crippen molar-refractivity contribution in [2.45, 2.75) is 38.9 Å². The van der Waals surface area contributed by atoms with Gasteiger partial charge in [-0.3, -0.25) is 4.90 Å². The Labute approximate surface area is 98.8 Å². The lowest BCUT2D eigenvalue weighted by atomic mass is 9.97. The zero-order valence-corrected chi connectivity index (χ0v) is 10.7. The quantitative estimate of drug-likeness (QED) is 0.741. The normalized spacial score (nSPS) is 33.6. The molecular formula is C12H23NOS. The van der Waals surface area contributed by atoms with Gasteiger partial charge in [-0.2, -0.15) is 12.6 Å². The summed E-state index contributed by atoms with van der Waals surface area (Å²) in [5, 5.41) is 0. The van der Waals surface area contributed by atoms with Crippen molar-refractivity contribution in [3.8, 4) is 0 Å². The molecule has 0 N–H and O–H groups in total. The number of fused-ring (bicyclic) bond motifs is 2. The van der Waals surface area contributed by atoms with E-state index >= 15 is 0 Å². The maximum absolute atomic E-state index is 5.84. The van der Waals surface area contributed by atoms with Crippen LogP contribution in [0.1, 0.15) is 26.7 Å². The summed E-state index contributed by atoms with van der Waals surface area (Å²) in [6, 6.07) is 0. The van der Waals surface area contributed by atoms with Gasteiger partial charge < -0.3 is 4.74 Å². The van der Waals surface area contributed by atoms with Crippen LogP contribution in [-0.4, -0.2) is 42.5 Å². The van der Waals surface area contributed by atoms with Crippen molar-refractivity contribution < 1.29 is 4.74 Å². The number of hydrogen-bond acceptors (Lipinski definition) is 3. The Morgan fingerprint density at radius 2 is 1.87 bits per heavy atom. The summed E-state index contributed by atoms with van der Waals surface area (Å²) >= 11 is 4.46. The van der Waals surface area contributed by atoms with Crippen molar-refractivity contribution in [2.75, 3.05) is 25.4 Å². The molecule has 0 saturated carbocycles. The minimum Gasteiger partial charge on any atom is -0.372 e. The maximum atomic E-state index is 5.84. The molecule has 0 aliphatic carbocycles. The van der Waals surface area contributed by atoms with Crippen molar-refractivity contribution in [3.05, 3.63) is 0 Å². The minimum atomic E-state index is 0.525. The Morgan fingerprint density at radius 1 is 1.27 bits per heavy atom. The highest BCUT2D eigenvalue weighted by atomic mass is 32.1. The SMILES string of the molecule is CC(C)C(CS)CN1CC2CCC(C1)O2. The fraction of sp³-hybridized carbons (Fsp3) is 1.00. The fourth-order valence-electron chi connectivity index (χ4n) is 2.66. The molecule has 0 amide bonds. The topological polar surface area (TPSA) is 12.5 Å². The second kappa shape index (κ2) is 5.07. The first-order chi connectivity index (χ1) is 7.19. The van der Waals surface area contributed by atoms with Crippen molar-refractivity contribution in [1.82, 2.24) is 4.90 Å². The summed E-state index contributed by atoms with van der Waals surface area (Å²) in [6.45, 7) is 8.10. The number of ether oxygens (including phenoxy) is 1. The predicted octanol–water partition coefficient (Wildman–Crippen LogP) is 2.05. The molecule has 2 heterocycles. The average molecular weight is 229 g/mol. The zero-order chi connectivity index (χ0) is 10.8. The molecule has 0 aromatic rings. The standard InChI is InChI=1S/C12H23NOS/c1-9(2)10(8-15)5-13-6-11-3-4-12(7-13)14-11/h9-12,15H,3-8H2,1-2H3. The highest BCUT2D eigenvalue weighted by molar-refractivity contribution is 7.80. The van der Waals surface area contributed by atoms with E-state index in [1.807, 2.05) is 0 Å². The van der Waals surface area contributed by atoms with Crippen LogP contribution in [0.2, 0.25) is 0 Å². The lowest BCUT2D eigenvalue weighted by Crippen LogP contribution is -2.45. The Morgan fingerprint density at radius 3 is 2.33 bits per heavy atom. The second-order valence-corrected chi connectivity index (χ2v) is 5.73. The third-order valence-corrected chi connectivity index (χ3v) is 4.26.